The molecule has 0 aromatic heterocycles. The Bertz CT molecular complexity index is 1060. The molecule has 37 heavy (non-hydrogen) atoms. The van der Waals surface area contributed by atoms with Crippen molar-refractivity contribution in [2.24, 2.45) is 0 Å². The summed E-state index contributed by atoms with van der Waals surface area (Å²) >= 11 is 0. The van der Waals surface area contributed by atoms with Crippen molar-refractivity contribution in [2.45, 2.75) is 33.2 Å². The van der Waals surface area contributed by atoms with Gasteiger partial charge in [0, 0.05) is 39.1 Å². The van der Waals surface area contributed by atoms with Crippen LogP contribution in [-0.2, 0) is 4.79 Å². The molecule has 0 atom stereocenters. The molecular weight excluding hydrogens is 489 g/mol. The van der Waals surface area contributed by atoms with Crippen LogP contribution in [0.4, 0.5) is 24.5 Å². The monoisotopic (exact) mass is 524 g/mol. The zero-order valence-corrected chi connectivity index (χ0v) is 21.4. The Hall–Kier alpha value is -3.15. The summed E-state index contributed by atoms with van der Waals surface area (Å²) in [4.78, 5) is 28.3. The number of nitrogens with one attached hydrogen (secondary N) is 2. The van der Waals surface area contributed by atoms with Gasteiger partial charge in [-0.25, -0.2) is 13.2 Å². The van der Waals surface area contributed by atoms with E-state index in [1.54, 1.807) is 17.9 Å². The van der Waals surface area contributed by atoms with Crippen molar-refractivity contribution in [3.8, 4) is 0 Å². The normalized spacial score (nSPS) is 13.1. The standard InChI is InChI=1S/C24H29F3N4O4.C2H6/c1-15-2-5-20(19(26)12-15)29-23-17(3-4-18(25)22(23)27)24(35)31-13-16(14-31)28-21(34)6-7-30(8-10-32)9-11-33;1-2/h2-5,12,16,29,32-33H,6-11,13-14H2,1H3,(H,28,34);1-2H3. The third-order valence-corrected chi connectivity index (χ3v) is 5.73. The van der Waals surface area contributed by atoms with E-state index in [9.17, 15) is 22.8 Å². The van der Waals surface area contributed by atoms with Gasteiger partial charge in [0.05, 0.1) is 36.2 Å². The highest BCUT2D eigenvalue weighted by Gasteiger charge is 2.34. The first-order valence-corrected chi connectivity index (χ1v) is 12.3. The summed E-state index contributed by atoms with van der Waals surface area (Å²) in [5.41, 5.74) is -0.0676. The van der Waals surface area contributed by atoms with Crippen LogP contribution in [-0.4, -0.2) is 83.8 Å². The van der Waals surface area contributed by atoms with Crippen molar-refractivity contribution in [3.63, 3.8) is 0 Å². The average Bonchev–Trinajstić information content (AvgIpc) is 2.85. The molecule has 0 radical (unpaired) electrons. The van der Waals surface area contributed by atoms with Crippen LogP contribution in [0.3, 0.4) is 0 Å². The van der Waals surface area contributed by atoms with Gasteiger partial charge in [0.25, 0.3) is 5.91 Å². The molecule has 1 aliphatic heterocycles. The Morgan fingerprint density at radius 1 is 1.00 bits per heavy atom. The van der Waals surface area contributed by atoms with Gasteiger partial charge in [-0.05, 0) is 36.8 Å². The van der Waals surface area contributed by atoms with E-state index in [4.69, 9.17) is 10.2 Å². The highest BCUT2D eigenvalue weighted by molar-refractivity contribution is 6.01. The maximum Gasteiger partial charge on any atom is 0.256 e. The second-order valence-corrected chi connectivity index (χ2v) is 8.41. The van der Waals surface area contributed by atoms with Crippen molar-refractivity contribution < 1.29 is 33.0 Å². The van der Waals surface area contributed by atoms with Crippen LogP contribution in [0, 0.1) is 24.4 Å². The van der Waals surface area contributed by atoms with Crippen molar-refractivity contribution in [2.75, 3.05) is 51.3 Å². The third-order valence-electron chi connectivity index (χ3n) is 5.73. The second-order valence-electron chi connectivity index (χ2n) is 8.41. The molecule has 3 rings (SSSR count). The molecule has 0 bridgehead atoms. The molecule has 0 spiro atoms. The van der Waals surface area contributed by atoms with Gasteiger partial charge >= 0.3 is 0 Å². The number of halogens is 3. The first-order chi connectivity index (χ1) is 17.7. The number of aliphatic hydroxyl groups is 2. The van der Waals surface area contributed by atoms with Gasteiger partial charge in [0.1, 0.15) is 5.82 Å². The van der Waals surface area contributed by atoms with Crippen LogP contribution in [0.15, 0.2) is 30.3 Å². The molecular formula is C26H35F3N4O4. The van der Waals surface area contributed by atoms with E-state index in [-0.39, 0.29) is 55.9 Å². The predicted molar refractivity (Wildman–Crippen MR) is 135 cm³/mol. The zero-order chi connectivity index (χ0) is 27.5. The van der Waals surface area contributed by atoms with Gasteiger partial charge in [-0.15, -0.1) is 0 Å². The Balaban J connectivity index is 0.00000235. The predicted octanol–water partition coefficient (Wildman–Crippen LogP) is 2.80. The molecule has 2 aromatic carbocycles. The number of aliphatic hydroxyl groups excluding tert-OH is 2. The highest BCUT2D eigenvalue weighted by Crippen LogP contribution is 2.30. The summed E-state index contributed by atoms with van der Waals surface area (Å²) in [5.74, 6) is -3.97. The van der Waals surface area contributed by atoms with Gasteiger partial charge in [-0.2, -0.15) is 0 Å². The molecule has 0 saturated carbocycles. The zero-order valence-electron chi connectivity index (χ0n) is 21.4. The number of hydrogen-bond acceptors (Lipinski definition) is 6. The van der Waals surface area contributed by atoms with Crippen LogP contribution < -0.4 is 10.6 Å². The van der Waals surface area contributed by atoms with E-state index >= 15 is 0 Å². The number of nitrogens with zero attached hydrogens (tertiary/aromatic N) is 2. The van der Waals surface area contributed by atoms with E-state index in [1.165, 1.54) is 17.0 Å². The molecule has 8 nitrogen and oxygen atoms in total. The van der Waals surface area contributed by atoms with E-state index in [1.807, 2.05) is 13.8 Å². The van der Waals surface area contributed by atoms with Crippen molar-refractivity contribution >= 4 is 23.2 Å². The molecule has 204 valence electrons. The Kier molecular flexibility index (Phi) is 11.8. The van der Waals surface area contributed by atoms with Gasteiger partial charge in [-0.1, -0.05) is 19.9 Å². The number of rotatable bonds is 11. The minimum atomic E-state index is -1.29. The average molecular weight is 525 g/mol. The molecule has 0 unspecified atom stereocenters. The number of anilines is 2. The van der Waals surface area contributed by atoms with Crippen LogP contribution in [0.25, 0.3) is 0 Å². The Morgan fingerprint density at radius 2 is 1.65 bits per heavy atom. The first-order valence-electron chi connectivity index (χ1n) is 12.3. The molecule has 0 aliphatic carbocycles. The van der Waals surface area contributed by atoms with Crippen molar-refractivity contribution in [1.82, 2.24) is 15.1 Å². The van der Waals surface area contributed by atoms with E-state index in [0.29, 0.717) is 25.2 Å². The second kappa shape index (κ2) is 14.6. The van der Waals surface area contributed by atoms with E-state index < -0.39 is 29.0 Å². The van der Waals surface area contributed by atoms with Gasteiger partial charge < -0.3 is 25.7 Å². The van der Waals surface area contributed by atoms with Gasteiger partial charge in [0.15, 0.2) is 11.6 Å². The number of benzene rings is 2. The maximum atomic E-state index is 14.6. The van der Waals surface area contributed by atoms with Crippen molar-refractivity contribution in [1.29, 1.82) is 0 Å². The minimum absolute atomic E-state index is 0.0846. The molecule has 2 aromatic rings. The maximum absolute atomic E-state index is 14.6. The molecule has 4 N–H and O–H groups in total. The van der Waals surface area contributed by atoms with Crippen LogP contribution in [0.1, 0.15) is 36.2 Å². The number of hydrogen-bond donors (Lipinski definition) is 4. The molecule has 1 aliphatic rings. The summed E-state index contributed by atoms with van der Waals surface area (Å²) in [5, 5.41) is 23.4. The lowest BCUT2D eigenvalue weighted by Gasteiger charge is -2.40. The van der Waals surface area contributed by atoms with Crippen LogP contribution in [0.5, 0.6) is 0 Å². The quantitative estimate of drug-likeness (QED) is 0.360. The fraction of sp³-hybridized carbons (Fsp3) is 0.462. The summed E-state index contributed by atoms with van der Waals surface area (Å²) in [6.07, 6.45) is 0.157. The SMILES string of the molecule is CC.Cc1ccc(Nc2c(C(=O)N3CC(NC(=O)CCN(CCO)CCO)C3)ccc(F)c2F)c(F)c1. The number of likely N-dealkylation sites (tertiary alicyclic amines) is 1. The number of amides is 2. The summed E-state index contributed by atoms with van der Waals surface area (Å²) < 4.78 is 42.8. The fourth-order valence-electron chi connectivity index (χ4n) is 3.79. The lowest BCUT2D eigenvalue weighted by atomic mass is 10.0. The van der Waals surface area contributed by atoms with Gasteiger partial charge in [-0.3, -0.25) is 14.5 Å². The number of aryl methyl sites for hydroxylation is 1. The number of carbonyl (C=O) groups is 2. The minimum Gasteiger partial charge on any atom is -0.395 e. The molecule has 2 amide bonds. The van der Waals surface area contributed by atoms with E-state index in [0.717, 1.165) is 12.1 Å². The fourth-order valence-corrected chi connectivity index (χ4v) is 3.79. The number of carbonyl (C=O) groups excluding carboxylic acids is 2. The lowest BCUT2D eigenvalue weighted by Crippen LogP contribution is -2.61. The Morgan fingerprint density at radius 3 is 2.24 bits per heavy atom. The largest absolute Gasteiger partial charge is 0.395 e. The van der Waals surface area contributed by atoms with Crippen molar-refractivity contribution in [3.05, 3.63) is 58.9 Å². The summed E-state index contributed by atoms with van der Waals surface area (Å²) in [6.45, 7) is 6.92. The van der Waals surface area contributed by atoms with Crippen LogP contribution in [0.2, 0.25) is 0 Å². The van der Waals surface area contributed by atoms with Crippen LogP contribution >= 0.6 is 0 Å². The topological polar surface area (TPSA) is 105 Å². The molecule has 1 heterocycles. The third kappa shape index (κ3) is 8.17. The molecule has 1 saturated heterocycles. The lowest BCUT2D eigenvalue weighted by molar-refractivity contribution is -0.123. The Labute approximate surface area is 215 Å². The molecule has 11 heteroatoms. The van der Waals surface area contributed by atoms with E-state index in [2.05, 4.69) is 10.6 Å². The molecule has 1 fully saturated rings. The highest BCUT2D eigenvalue weighted by atomic mass is 19.2. The smallest absolute Gasteiger partial charge is 0.256 e. The summed E-state index contributed by atoms with van der Waals surface area (Å²) in [6, 6.07) is 5.88. The summed E-state index contributed by atoms with van der Waals surface area (Å²) in [7, 11) is 0. The van der Waals surface area contributed by atoms with Gasteiger partial charge in [0.2, 0.25) is 5.91 Å². The first kappa shape index (κ1) is 30.1.